The molecule has 0 spiro atoms. The van der Waals surface area contributed by atoms with Crippen LogP contribution in [-0.4, -0.2) is 5.16 Å². The van der Waals surface area contributed by atoms with Crippen LogP contribution < -0.4 is 0 Å². The Balaban J connectivity index is 1.85. The summed E-state index contributed by atoms with van der Waals surface area (Å²) in [6.07, 6.45) is 25.3. The molecule has 2 rings (SSSR count). The van der Waals surface area contributed by atoms with Crippen LogP contribution in [0.15, 0.2) is 0 Å². The number of unbranched alkanes of at least 4 members (excludes halogenated alkanes) is 5. The second-order valence-electron chi connectivity index (χ2n) is 8.30. The van der Waals surface area contributed by atoms with Gasteiger partial charge >= 0.3 is 0 Å². The van der Waals surface area contributed by atoms with Crippen LogP contribution in [-0.2, 0) is 0 Å². The van der Waals surface area contributed by atoms with E-state index in [1.54, 1.807) is 0 Å². The molecule has 0 amide bonds. The normalized spacial score (nSPS) is 22.1. The lowest BCUT2D eigenvalue weighted by atomic mass is 9.67. The summed E-state index contributed by atoms with van der Waals surface area (Å²) in [5.41, 5.74) is 0. The summed E-state index contributed by atoms with van der Waals surface area (Å²) in [5, 5.41) is 0.603. The Morgan fingerprint density at radius 3 is 1.64 bits per heavy atom. The third-order valence-electron chi connectivity index (χ3n) is 6.69. The zero-order chi connectivity index (χ0) is 15.7. The fourth-order valence-corrected chi connectivity index (χ4v) is 6.10. The summed E-state index contributed by atoms with van der Waals surface area (Å²) < 4.78 is 0. The Morgan fingerprint density at radius 2 is 1.14 bits per heavy atom. The van der Waals surface area contributed by atoms with E-state index in [9.17, 15) is 0 Å². The van der Waals surface area contributed by atoms with Crippen LogP contribution in [0, 0.1) is 11.8 Å². The van der Waals surface area contributed by atoms with Gasteiger partial charge in [-0.25, -0.2) is 0 Å². The molecule has 2 saturated carbocycles. The molecule has 0 N–H and O–H groups in total. The molecule has 1 atom stereocenters. The fraction of sp³-hybridized carbons (Fsp3) is 1.00. The smallest absolute Gasteiger partial charge is 0.00938 e. The van der Waals surface area contributed by atoms with Crippen LogP contribution in [0.2, 0.25) is 0 Å². The maximum absolute atomic E-state index is 3.46. The third kappa shape index (κ3) is 5.51. The van der Waals surface area contributed by atoms with Crippen molar-refractivity contribution >= 4 is 9.24 Å². The largest absolute Gasteiger partial charge is 0.131 e. The first-order valence-electron chi connectivity index (χ1n) is 10.6. The highest BCUT2D eigenvalue weighted by Gasteiger charge is 2.41. The summed E-state index contributed by atoms with van der Waals surface area (Å²) in [4.78, 5) is 0. The highest BCUT2D eigenvalue weighted by Crippen LogP contribution is 2.51. The van der Waals surface area contributed by atoms with E-state index in [0.29, 0.717) is 5.16 Å². The van der Waals surface area contributed by atoms with Crippen molar-refractivity contribution in [2.24, 2.45) is 11.8 Å². The van der Waals surface area contributed by atoms with E-state index < -0.39 is 0 Å². The standard InChI is InChI=1S/C21H41P/c1-2-3-4-5-6-13-18-21(22,19-14-9-7-10-15-19)20-16-11-8-12-17-20/h19-20H,2-18,22H2,1H3. The average Bonchev–Trinajstić information content (AvgIpc) is 2.59. The molecule has 1 heteroatoms. The van der Waals surface area contributed by atoms with Gasteiger partial charge in [-0.3, -0.25) is 0 Å². The fourth-order valence-electron chi connectivity index (χ4n) is 5.23. The summed E-state index contributed by atoms with van der Waals surface area (Å²) >= 11 is 0. The molecule has 2 fully saturated rings. The Bertz CT molecular complexity index is 256. The summed E-state index contributed by atoms with van der Waals surface area (Å²) in [6, 6.07) is 0. The van der Waals surface area contributed by atoms with Crippen LogP contribution in [0.1, 0.15) is 116 Å². The van der Waals surface area contributed by atoms with Crippen molar-refractivity contribution in [2.75, 3.05) is 0 Å². The van der Waals surface area contributed by atoms with Crippen molar-refractivity contribution in [3.63, 3.8) is 0 Å². The van der Waals surface area contributed by atoms with Gasteiger partial charge in [0.25, 0.3) is 0 Å². The van der Waals surface area contributed by atoms with E-state index in [1.165, 1.54) is 109 Å². The van der Waals surface area contributed by atoms with Crippen LogP contribution in [0.3, 0.4) is 0 Å². The van der Waals surface area contributed by atoms with Crippen LogP contribution in [0.25, 0.3) is 0 Å². The lowest BCUT2D eigenvalue weighted by molar-refractivity contribution is 0.162. The Kier molecular flexibility index (Phi) is 8.81. The first kappa shape index (κ1) is 18.8. The van der Waals surface area contributed by atoms with E-state index in [-0.39, 0.29) is 0 Å². The highest BCUT2D eigenvalue weighted by molar-refractivity contribution is 7.19. The predicted octanol–water partition coefficient (Wildman–Crippen LogP) is 7.51. The van der Waals surface area contributed by atoms with Gasteiger partial charge in [-0.05, 0) is 49.1 Å². The minimum absolute atomic E-state index is 0.603. The number of hydrogen-bond donors (Lipinski definition) is 0. The Morgan fingerprint density at radius 1 is 0.682 bits per heavy atom. The minimum atomic E-state index is 0.603. The number of rotatable bonds is 9. The average molecular weight is 325 g/mol. The zero-order valence-corrected chi connectivity index (χ0v) is 16.4. The van der Waals surface area contributed by atoms with Gasteiger partial charge in [0.2, 0.25) is 0 Å². The molecule has 2 aliphatic carbocycles. The van der Waals surface area contributed by atoms with Crippen molar-refractivity contribution in [1.82, 2.24) is 0 Å². The molecule has 0 saturated heterocycles. The van der Waals surface area contributed by atoms with Gasteiger partial charge in [-0.2, -0.15) is 0 Å². The van der Waals surface area contributed by atoms with Crippen LogP contribution in [0.4, 0.5) is 0 Å². The third-order valence-corrected chi connectivity index (χ3v) is 7.93. The second kappa shape index (κ2) is 10.3. The highest BCUT2D eigenvalue weighted by atomic mass is 31.0. The van der Waals surface area contributed by atoms with E-state index in [2.05, 4.69) is 16.2 Å². The first-order valence-corrected chi connectivity index (χ1v) is 11.1. The van der Waals surface area contributed by atoms with Gasteiger partial charge in [0.1, 0.15) is 0 Å². The SMILES string of the molecule is CCCCCCCCC(P)(C1CCCCC1)C1CCCCC1. The maximum atomic E-state index is 3.46. The first-order chi connectivity index (χ1) is 10.8. The summed E-state index contributed by atoms with van der Waals surface area (Å²) in [5.74, 6) is 2.04. The van der Waals surface area contributed by atoms with Crippen molar-refractivity contribution in [3.8, 4) is 0 Å². The number of hydrogen-bond acceptors (Lipinski definition) is 0. The Hall–Kier alpha value is 0.430. The molecule has 0 aromatic heterocycles. The summed E-state index contributed by atoms with van der Waals surface area (Å²) in [6.45, 7) is 2.32. The second-order valence-corrected chi connectivity index (χ2v) is 9.37. The zero-order valence-electron chi connectivity index (χ0n) is 15.3. The Labute approximate surface area is 142 Å². The lowest BCUT2D eigenvalue weighted by Gasteiger charge is -2.47. The van der Waals surface area contributed by atoms with E-state index in [4.69, 9.17) is 0 Å². The monoisotopic (exact) mass is 324 g/mol. The van der Waals surface area contributed by atoms with Crippen LogP contribution >= 0.6 is 9.24 Å². The molecule has 0 radical (unpaired) electrons. The maximum Gasteiger partial charge on any atom is -0.00938 e. The van der Waals surface area contributed by atoms with Crippen LogP contribution in [0.5, 0.6) is 0 Å². The molecule has 0 aromatic carbocycles. The van der Waals surface area contributed by atoms with Gasteiger partial charge < -0.3 is 0 Å². The van der Waals surface area contributed by atoms with E-state index in [1.807, 2.05) is 0 Å². The van der Waals surface area contributed by atoms with Gasteiger partial charge in [-0.1, -0.05) is 84.0 Å². The minimum Gasteiger partial charge on any atom is -0.131 e. The molecule has 0 bridgehead atoms. The molecular formula is C21H41P. The van der Waals surface area contributed by atoms with Crippen molar-refractivity contribution in [1.29, 1.82) is 0 Å². The molecule has 2 aliphatic rings. The van der Waals surface area contributed by atoms with Crippen molar-refractivity contribution in [3.05, 3.63) is 0 Å². The molecule has 1 unspecified atom stereocenters. The van der Waals surface area contributed by atoms with E-state index in [0.717, 1.165) is 11.8 Å². The quantitative estimate of drug-likeness (QED) is 0.304. The van der Waals surface area contributed by atoms with Gasteiger partial charge in [0.15, 0.2) is 0 Å². The molecule has 0 aromatic rings. The van der Waals surface area contributed by atoms with Crippen molar-refractivity contribution < 1.29 is 0 Å². The van der Waals surface area contributed by atoms with Gasteiger partial charge in [0, 0.05) is 0 Å². The predicted molar refractivity (Wildman–Crippen MR) is 104 cm³/mol. The molecule has 130 valence electrons. The molecule has 0 heterocycles. The molecule has 0 aliphatic heterocycles. The van der Waals surface area contributed by atoms with Crippen molar-refractivity contribution in [2.45, 2.75) is 121 Å². The van der Waals surface area contributed by atoms with Gasteiger partial charge in [0.05, 0.1) is 0 Å². The van der Waals surface area contributed by atoms with Gasteiger partial charge in [-0.15, -0.1) is 9.24 Å². The molecule has 0 nitrogen and oxygen atoms in total. The lowest BCUT2D eigenvalue weighted by Crippen LogP contribution is -2.41. The topological polar surface area (TPSA) is 0 Å². The van der Waals surface area contributed by atoms with E-state index >= 15 is 0 Å². The molecular weight excluding hydrogens is 283 g/mol. The summed E-state index contributed by atoms with van der Waals surface area (Å²) in [7, 11) is 3.46. The molecule has 22 heavy (non-hydrogen) atoms.